The first-order valence-corrected chi connectivity index (χ1v) is 4.13. The molecule has 0 saturated heterocycles. The SMILES string of the molecule is CCOC(=N)c1ccc(C)cc1F. The van der Waals surface area contributed by atoms with Gasteiger partial charge in [0, 0.05) is 0 Å². The topological polar surface area (TPSA) is 33.1 Å². The van der Waals surface area contributed by atoms with Gasteiger partial charge in [0.05, 0.1) is 12.2 Å². The van der Waals surface area contributed by atoms with Crippen molar-refractivity contribution in [2.45, 2.75) is 13.8 Å². The summed E-state index contributed by atoms with van der Waals surface area (Å²) < 4.78 is 18.1. The number of aryl methyl sites for hydroxylation is 1. The molecule has 0 aliphatic carbocycles. The van der Waals surface area contributed by atoms with E-state index >= 15 is 0 Å². The maximum absolute atomic E-state index is 13.2. The zero-order valence-corrected chi connectivity index (χ0v) is 7.73. The molecule has 0 aliphatic rings. The second kappa shape index (κ2) is 4.03. The third kappa shape index (κ3) is 2.28. The molecular weight excluding hydrogens is 169 g/mol. The Morgan fingerprint density at radius 2 is 2.23 bits per heavy atom. The largest absolute Gasteiger partial charge is 0.478 e. The van der Waals surface area contributed by atoms with Gasteiger partial charge in [-0.3, -0.25) is 5.41 Å². The summed E-state index contributed by atoms with van der Waals surface area (Å²) in [4.78, 5) is 0. The Morgan fingerprint density at radius 3 is 2.77 bits per heavy atom. The highest BCUT2D eigenvalue weighted by Gasteiger charge is 2.07. The maximum Gasteiger partial charge on any atom is 0.216 e. The van der Waals surface area contributed by atoms with E-state index < -0.39 is 5.82 Å². The molecule has 0 aromatic heterocycles. The summed E-state index contributed by atoms with van der Waals surface area (Å²) >= 11 is 0. The van der Waals surface area contributed by atoms with Gasteiger partial charge in [0.2, 0.25) is 5.90 Å². The fourth-order valence-corrected chi connectivity index (χ4v) is 1.03. The van der Waals surface area contributed by atoms with E-state index in [-0.39, 0.29) is 11.5 Å². The zero-order valence-electron chi connectivity index (χ0n) is 7.73. The predicted molar refractivity (Wildman–Crippen MR) is 49.6 cm³/mol. The molecule has 0 radical (unpaired) electrons. The summed E-state index contributed by atoms with van der Waals surface area (Å²) in [6, 6.07) is 4.71. The van der Waals surface area contributed by atoms with E-state index in [1.165, 1.54) is 6.07 Å². The average molecular weight is 181 g/mol. The van der Waals surface area contributed by atoms with E-state index in [9.17, 15) is 4.39 Å². The fraction of sp³-hybridized carbons (Fsp3) is 0.300. The summed E-state index contributed by atoms with van der Waals surface area (Å²) in [5, 5.41) is 7.38. The molecule has 70 valence electrons. The molecule has 0 atom stereocenters. The number of hydrogen-bond acceptors (Lipinski definition) is 2. The Morgan fingerprint density at radius 1 is 1.54 bits per heavy atom. The van der Waals surface area contributed by atoms with Crippen LogP contribution in [-0.4, -0.2) is 12.5 Å². The first-order valence-electron chi connectivity index (χ1n) is 4.13. The molecule has 0 saturated carbocycles. The Kier molecular flexibility index (Phi) is 3.01. The van der Waals surface area contributed by atoms with Crippen LogP contribution in [0.5, 0.6) is 0 Å². The van der Waals surface area contributed by atoms with Crippen molar-refractivity contribution in [2.75, 3.05) is 6.61 Å². The minimum atomic E-state index is -0.404. The molecule has 3 heteroatoms. The molecule has 0 aliphatic heterocycles. The van der Waals surface area contributed by atoms with Crippen LogP contribution >= 0.6 is 0 Å². The fourth-order valence-electron chi connectivity index (χ4n) is 1.03. The van der Waals surface area contributed by atoms with Gasteiger partial charge in [0.25, 0.3) is 0 Å². The van der Waals surface area contributed by atoms with Crippen molar-refractivity contribution >= 4 is 5.90 Å². The molecule has 0 spiro atoms. The molecule has 1 N–H and O–H groups in total. The lowest BCUT2D eigenvalue weighted by Gasteiger charge is -2.05. The molecule has 2 nitrogen and oxygen atoms in total. The lowest BCUT2D eigenvalue weighted by molar-refractivity contribution is 0.324. The third-order valence-electron chi connectivity index (χ3n) is 1.66. The van der Waals surface area contributed by atoms with E-state index in [1.807, 2.05) is 0 Å². The van der Waals surface area contributed by atoms with Crippen LogP contribution in [0.1, 0.15) is 18.1 Å². The van der Waals surface area contributed by atoms with Gasteiger partial charge in [-0.15, -0.1) is 0 Å². The number of hydrogen-bond donors (Lipinski definition) is 1. The van der Waals surface area contributed by atoms with E-state index in [0.29, 0.717) is 6.61 Å². The molecule has 0 fully saturated rings. The van der Waals surface area contributed by atoms with Crippen molar-refractivity contribution in [3.63, 3.8) is 0 Å². The second-order valence-corrected chi connectivity index (χ2v) is 2.75. The van der Waals surface area contributed by atoms with Crippen molar-refractivity contribution in [3.8, 4) is 0 Å². The number of halogens is 1. The van der Waals surface area contributed by atoms with E-state index in [1.54, 1.807) is 26.0 Å². The highest BCUT2D eigenvalue weighted by molar-refractivity contribution is 5.91. The van der Waals surface area contributed by atoms with Gasteiger partial charge in [-0.25, -0.2) is 4.39 Å². The van der Waals surface area contributed by atoms with Crippen LogP contribution in [0, 0.1) is 18.2 Å². The van der Waals surface area contributed by atoms with Crippen molar-refractivity contribution in [2.24, 2.45) is 0 Å². The van der Waals surface area contributed by atoms with Gasteiger partial charge in [0.1, 0.15) is 5.82 Å². The Labute approximate surface area is 76.9 Å². The van der Waals surface area contributed by atoms with Crippen LogP contribution < -0.4 is 0 Å². The first-order chi connectivity index (χ1) is 6.15. The van der Waals surface area contributed by atoms with Crippen LogP contribution in [0.15, 0.2) is 18.2 Å². The molecular formula is C10H12FNO. The Balaban J connectivity index is 2.95. The summed E-state index contributed by atoms with van der Waals surface area (Å²) in [6.45, 7) is 3.95. The molecule has 0 amide bonds. The van der Waals surface area contributed by atoms with Gasteiger partial charge in [0.15, 0.2) is 0 Å². The molecule has 13 heavy (non-hydrogen) atoms. The number of ether oxygens (including phenoxy) is 1. The van der Waals surface area contributed by atoms with Crippen molar-refractivity contribution in [3.05, 3.63) is 35.1 Å². The second-order valence-electron chi connectivity index (χ2n) is 2.75. The number of nitrogens with one attached hydrogen (secondary N) is 1. The van der Waals surface area contributed by atoms with Crippen LogP contribution in [0.2, 0.25) is 0 Å². The monoisotopic (exact) mass is 181 g/mol. The lowest BCUT2D eigenvalue weighted by atomic mass is 10.1. The van der Waals surface area contributed by atoms with Gasteiger partial charge >= 0.3 is 0 Å². The molecule has 1 aromatic rings. The summed E-state index contributed by atoms with van der Waals surface area (Å²) in [5.74, 6) is -0.515. The molecule has 0 heterocycles. The molecule has 1 aromatic carbocycles. The predicted octanol–water partition coefficient (Wildman–Crippen LogP) is 2.50. The van der Waals surface area contributed by atoms with Crippen molar-refractivity contribution in [1.29, 1.82) is 5.41 Å². The van der Waals surface area contributed by atoms with Crippen LogP contribution in [0.4, 0.5) is 4.39 Å². The van der Waals surface area contributed by atoms with E-state index in [4.69, 9.17) is 10.1 Å². The summed E-state index contributed by atoms with van der Waals surface area (Å²) in [5.41, 5.74) is 1.05. The molecule has 1 rings (SSSR count). The van der Waals surface area contributed by atoms with Crippen LogP contribution in [0.25, 0.3) is 0 Å². The highest BCUT2D eigenvalue weighted by Crippen LogP contribution is 2.10. The van der Waals surface area contributed by atoms with E-state index in [0.717, 1.165) is 5.56 Å². The smallest absolute Gasteiger partial charge is 0.216 e. The zero-order chi connectivity index (χ0) is 9.84. The summed E-state index contributed by atoms with van der Waals surface area (Å²) in [6.07, 6.45) is 0. The van der Waals surface area contributed by atoms with Crippen molar-refractivity contribution < 1.29 is 9.13 Å². The van der Waals surface area contributed by atoms with Crippen LogP contribution in [0.3, 0.4) is 0 Å². The number of rotatable bonds is 2. The first kappa shape index (κ1) is 9.71. The maximum atomic E-state index is 13.2. The van der Waals surface area contributed by atoms with Crippen molar-refractivity contribution in [1.82, 2.24) is 0 Å². The van der Waals surface area contributed by atoms with Crippen LogP contribution in [-0.2, 0) is 4.74 Å². The molecule has 0 unspecified atom stereocenters. The Hall–Kier alpha value is -1.38. The standard InChI is InChI=1S/C10H12FNO/c1-3-13-10(12)8-5-4-7(2)6-9(8)11/h4-6,12H,3H2,1-2H3. The van der Waals surface area contributed by atoms with Gasteiger partial charge in [-0.1, -0.05) is 6.07 Å². The normalized spacial score (nSPS) is 9.77. The van der Waals surface area contributed by atoms with Gasteiger partial charge < -0.3 is 4.74 Å². The highest BCUT2D eigenvalue weighted by atomic mass is 19.1. The molecule has 0 bridgehead atoms. The van der Waals surface area contributed by atoms with Gasteiger partial charge in [-0.2, -0.15) is 0 Å². The minimum Gasteiger partial charge on any atom is -0.478 e. The lowest BCUT2D eigenvalue weighted by Crippen LogP contribution is -2.07. The van der Waals surface area contributed by atoms with Gasteiger partial charge in [-0.05, 0) is 31.5 Å². The van der Waals surface area contributed by atoms with E-state index in [2.05, 4.69) is 0 Å². The minimum absolute atomic E-state index is 0.111. The Bertz CT molecular complexity index is 323. The number of benzene rings is 1. The summed E-state index contributed by atoms with van der Waals surface area (Å²) in [7, 11) is 0. The average Bonchev–Trinajstić information content (AvgIpc) is 2.04. The quantitative estimate of drug-likeness (QED) is 0.552. The third-order valence-corrected chi connectivity index (χ3v) is 1.66.